The van der Waals surface area contributed by atoms with E-state index in [4.69, 9.17) is 10.5 Å². The predicted molar refractivity (Wildman–Crippen MR) is 65.8 cm³/mol. The summed E-state index contributed by atoms with van der Waals surface area (Å²) in [7, 11) is 0. The van der Waals surface area contributed by atoms with Crippen LogP contribution < -0.4 is 0 Å². The van der Waals surface area contributed by atoms with Gasteiger partial charge in [0.1, 0.15) is 0 Å². The Bertz CT molecular complexity index is 572. The maximum Gasteiger partial charge on any atom is 0.275 e. The van der Waals surface area contributed by atoms with Crippen molar-refractivity contribution >= 4 is 5.69 Å². The lowest BCUT2D eigenvalue weighted by Gasteiger charge is -2.22. The number of nitrogens with zero attached hydrogens (tertiary/aromatic N) is 3. The Labute approximate surface area is 105 Å². The van der Waals surface area contributed by atoms with Crippen molar-refractivity contribution in [1.82, 2.24) is 0 Å². The highest BCUT2D eigenvalue weighted by Gasteiger charge is 2.26. The molecular weight excluding hydrogens is 230 g/mol. The second kappa shape index (κ2) is 4.85. The molecule has 0 aromatic heterocycles. The molecule has 0 unspecified atom stereocenters. The Balaban J connectivity index is 3.68. The molecule has 0 aliphatic rings. The molecule has 0 heterocycles. The summed E-state index contributed by atoms with van der Waals surface area (Å²) in [4.78, 5) is 10.5. The van der Waals surface area contributed by atoms with Crippen molar-refractivity contribution in [2.45, 2.75) is 32.6 Å². The second-order valence-corrected chi connectivity index (χ2v) is 4.98. The van der Waals surface area contributed by atoms with Crippen LogP contribution in [-0.4, -0.2) is 4.92 Å². The quantitative estimate of drug-likeness (QED) is 0.589. The predicted octanol–water partition coefficient (Wildman–Crippen LogP) is 2.83. The molecule has 0 N–H and O–H groups in total. The van der Waals surface area contributed by atoms with Crippen LogP contribution in [0, 0.1) is 32.8 Å². The highest BCUT2D eigenvalue weighted by atomic mass is 16.6. The minimum Gasteiger partial charge on any atom is -0.258 e. The van der Waals surface area contributed by atoms with Crippen molar-refractivity contribution in [2.24, 2.45) is 0 Å². The lowest BCUT2D eigenvalue weighted by atomic mass is 9.81. The average molecular weight is 243 g/mol. The van der Waals surface area contributed by atoms with E-state index in [2.05, 4.69) is 0 Å². The maximum atomic E-state index is 11.0. The van der Waals surface area contributed by atoms with Gasteiger partial charge < -0.3 is 0 Å². The molecule has 5 heteroatoms. The van der Waals surface area contributed by atoms with Gasteiger partial charge in [0.2, 0.25) is 0 Å². The van der Waals surface area contributed by atoms with Crippen molar-refractivity contribution in [3.8, 4) is 12.1 Å². The van der Waals surface area contributed by atoms with Gasteiger partial charge in [-0.25, -0.2) is 0 Å². The van der Waals surface area contributed by atoms with Crippen LogP contribution in [0.25, 0.3) is 0 Å². The smallest absolute Gasteiger partial charge is 0.258 e. The topological polar surface area (TPSA) is 90.7 Å². The molecule has 0 aliphatic heterocycles. The largest absolute Gasteiger partial charge is 0.275 e. The summed E-state index contributed by atoms with van der Waals surface area (Å²) >= 11 is 0. The fourth-order valence-corrected chi connectivity index (χ4v) is 1.82. The fourth-order valence-electron chi connectivity index (χ4n) is 1.82. The first-order chi connectivity index (χ1) is 8.31. The third-order valence-electron chi connectivity index (χ3n) is 2.62. The zero-order chi connectivity index (χ0) is 13.9. The van der Waals surface area contributed by atoms with Gasteiger partial charge in [-0.05, 0) is 17.0 Å². The molecule has 1 aromatic rings. The van der Waals surface area contributed by atoms with Gasteiger partial charge in [0, 0.05) is 11.6 Å². The van der Waals surface area contributed by atoms with E-state index in [0.717, 1.165) is 0 Å². The molecule has 18 heavy (non-hydrogen) atoms. The number of hydrogen-bond acceptors (Lipinski definition) is 4. The molecule has 5 nitrogen and oxygen atoms in total. The number of nitro groups is 1. The third-order valence-corrected chi connectivity index (χ3v) is 2.62. The van der Waals surface area contributed by atoms with E-state index in [-0.39, 0.29) is 23.1 Å². The molecular formula is C13H13N3O2. The first kappa shape index (κ1) is 13.7. The first-order valence-corrected chi connectivity index (χ1v) is 5.40. The molecule has 0 aliphatic carbocycles. The second-order valence-electron chi connectivity index (χ2n) is 4.98. The lowest BCUT2D eigenvalue weighted by Crippen LogP contribution is -2.16. The lowest BCUT2D eigenvalue weighted by molar-refractivity contribution is -0.385. The van der Waals surface area contributed by atoms with Crippen LogP contribution >= 0.6 is 0 Å². The van der Waals surface area contributed by atoms with E-state index in [1.807, 2.05) is 32.9 Å². The minimum absolute atomic E-state index is 0.0331. The Morgan fingerprint density at radius 3 is 2.33 bits per heavy atom. The zero-order valence-electron chi connectivity index (χ0n) is 10.5. The minimum atomic E-state index is -0.539. The van der Waals surface area contributed by atoms with E-state index in [1.54, 1.807) is 6.07 Å². The number of benzene rings is 1. The van der Waals surface area contributed by atoms with Gasteiger partial charge in [-0.1, -0.05) is 20.8 Å². The molecule has 1 rings (SSSR count). The van der Waals surface area contributed by atoms with Crippen LogP contribution in [0.5, 0.6) is 0 Å². The molecule has 0 saturated carbocycles. The normalized spacial score (nSPS) is 10.5. The van der Waals surface area contributed by atoms with Crippen molar-refractivity contribution in [3.63, 3.8) is 0 Å². The molecule has 0 radical (unpaired) electrons. The fraction of sp³-hybridized carbons (Fsp3) is 0.385. The molecule has 0 bridgehead atoms. The molecule has 0 saturated heterocycles. The van der Waals surface area contributed by atoms with Crippen LogP contribution in [0.1, 0.15) is 37.5 Å². The summed E-state index contributed by atoms with van der Waals surface area (Å²) in [6, 6.07) is 6.71. The van der Waals surface area contributed by atoms with Crippen molar-refractivity contribution in [1.29, 1.82) is 10.5 Å². The monoisotopic (exact) mass is 243 g/mol. The third kappa shape index (κ3) is 2.64. The van der Waals surface area contributed by atoms with Crippen LogP contribution in [0.4, 0.5) is 5.69 Å². The van der Waals surface area contributed by atoms with Gasteiger partial charge in [-0.2, -0.15) is 10.5 Å². The standard InChI is InChI=1S/C13H13N3O2/c1-13(2,3)11-6-9(8-15)7-12(16(17)18)10(11)4-5-14/h6-7H,4H2,1-3H3. The zero-order valence-corrected chi connectivity index (χ0v) is 10.5. The van der Waals surface area contributed by atoms with Crippen LogP contribution in [0.2, 0.25) is 0 Å². The first-order valence-electron chi connectivity index (χ1n) is 5.40. The van der Waals surface area contributed by atoms with Gasteiger partial charge in [0.15, 0.2) is 0 Å². The Morgan fingerprint density at radius 1 is 1.33 bits per heavy atom. The van der Waals surface area contributed by atoms with E-state index in [9.17, 15) is 10.1 Å². The molecule has 1 aromatic carbocycles. The number of nitriles is 2. The maximum absolute atomic E-state index is 11.0. The van der Waals surface area contributed by atoms with Crippen LogP contribution in [0.15, 0.2) is 12.1 Å². The average Bonchev–Trinajstić information content (AvgIpc) is 2.27. The molecule has 0 amide bonds. The highest BCUT2D eigenvalue weighted by molar-refractivity contribution is 5.55. The Hall–Kier alpha value is -2.40. The summed E-state index contributed by atoms with van der Waals surface area (Å²) in [6.07, 6.45) is -0.0331. The number of hydrogen-bond donors (Lipinski definition) is 0. The van der Waals surface area contributed by atoms with Gasteiger partial charge in [-0.15, -0.1) is 0 Å². The van der Waals surface area contributed by atoms with Gasteiger partial charge >= 0.3 is 0 Å². The van der Waals surface area contributed by atoms with E-state index < -0.39 is 4.92 Å². The SMILES string of the molecule is CC(C)(C)c1cc(C#N)cc([N+](=O)[O-])c1CC#N. The van der Waals surface area contributed by atoms with Crippen molar-refractivity contribution in [3.05, 3.63) is 38.9 Å². The van der Waals surface area contributed by atoms with Gasteiger partial charge in [-0.3, -0.25) is 10.1 Å². The summed E-state index contributed by atoms with van der Waals surface area (Å²) in [6.45, 7) is 5.69. The molecule has 0 atom stereocenters. The summed E-state index contributed by atoms with van der Waals surface area (Å²) in [5, 5.41) is 28.8. The van der Waals surface area contributed by atoms with Gasteiger partial charge in [0.25, 0.3) is 5.69 Å². The van der Waals surface area contributed by atoms with E-state index in [1.165, 1.54) is 6.07 Å². The summed E-state index contributed by atoms with van der Waals surface area (Å²) in [5.41, 5.74) is 0.807. The number of rotatable bonds is 2. The summed E-state index contributed by atoms with van der Waals surface area (Å²) < 4.78 is 0. The molecule has 92 valence electrons. The van der Waals surface area contributed by atoms with Crippen molar-refractivity contribution < 1.29 is 4.92 Å². The Morgan fingerprint density at radius 2 is 1.94 bits per heavy atom. The van der Waals surface area contributed by atoms with E-state index in [0.29, 0.717) is 11.1 Å². The van der Waals surface area contributed by atoms with Crippen LogP contribution in [0.3, 0.4) is 0 Å². The molecule has 0 spiro atoms. The van der Waals surface area contributed by atoms with E-state index >= 15 is 0 Å². The van der Waals surface area contributed by atoms with Crippen molar-refractivity contribution in [2.75, 3.05) is 0 Å². The van der Waals surface area contributed by atoms with Crippen LogP contribution in [-0.2, 0) is 11.8 Å². The highest BCUT2D eigenvalue weighted by Crippen LogP contribution is 2.33. The summed E-state index contributed by atoms with van der Waals surface area (Å²) in [5.74, 6) is 0. The molecule has 0 fully saturated rings. The Kier molecular flexibility index (Phi) is 3.68. The van der Waals surface area contributed by atoms with Gasteiger partial charge in [0.05, 0.1) is 29.0 Å². The number of nitro benzene ring substituents is 1.